The predicted molar refractivity (Wildman–Crippen MR) is 59.6 cm³/mol. The molecule has 0 aromatic rings. The number of hydrogen-bond donors (Lipinski definition) is 2. The van der Waals surface area contributed by atoms with Crippen molar-refractivity contribution >= 4 is 18.5 Å². The van der Waals surface area contributed by atoms with Gasteiger partial charge in [0.15, 0.2) is 0 Å². The number of amides is 1. The molecule has 0 atom stereocenters. The van der Waals surface area contributed by atoms with Gasteiger partial charge in [0.25, 0.3) is 0 Å². The van der Waals surface area contributed by atoms with Crippen molar-refractivity contribution in [1.29, 1.82) is 0 Å². The fraction of sp³-hybridized carbons (Fsp3) is 0.900. The van der Waals surface area contributed by atoms with Gasteiger partial charge in [0, 0.05) is 26.2 Å². The number of carbonyl (C=O) groups is 1. The molecule has 0 aromatic heterocycles. The van der Waals surface area contributed by atoms with E-state index < -0.39 is 0 Å². The molecule has 0 spiro atoms. The largest absolute Gasteiger partial charge is 0.381 e. The molecule has 1 amide bonds. The summed E-state index contributed by atoms with van der Waals surface area (Å²) >= 11 is 4.01. The van der Waals surface area contributed by atoms with Gasteiger partial charge >= 0.3 is 0 Å². The van der Waals surface area contributed by atoms with Crippen LogP contribution in [0.15, 0.2) is 0 Å². The highest BCUT2D eigenvalue weighted by molar-refractivity contribution is 7.80. The van der Waals surface area contributed by atoms with Crippen LogP contribution >= 0.6 is 12.6 Å². The van der Waals surface area contributed by atoms with E-state index in [1.54, 1.807) is 0 Å². The molecule has 1 aliphatic heterocycles. The predicted octanol–water partition coefficient (Wildman–Crippen LogP) is 1.24. The maximum atomic E-state index is 11.1. The molecule has 1 rings (SSSR count). The minimum absolute atomic E-state index is 0.118. The van der Waals surface area contributed by atoms with E-state index in [0.717, 1.165) is 44.9 Å². The second kappa shape index (κ2) is 7.12. The summed E-state index contributed by atoms with van der Waals surface area (Å²) in [6.45, 7) is 2.57. The van der Waals surface area contributed by atoms with Crippen molar-refractivity contribution in [2.24, 2.45) is 5.92 Å². The smallest absolute Gasteiger partial charge is 0.220 e. The number of nitrogens with one attached hydrogen (secondary N) is 1. The second-order valence-electron chi connectivity index (χ2n) is 3.67. The molecule has 0 unspecified atom stereocenters. The van der Waals surface area contributed by atoms with Gasteiger partial charge in [0.05, 0.1) is 0 Å². The van der Waals surface area contributed by atoms with Crippen molar-refractivity contribution in [2.45, 2.75) is 25.7 Å². The van der Waals surface area contributed by atoms with Gasteiger partial charge < -0.3 is 10.1 Å². The van der Waals surface area contributed by atoms with Gasteiger partial charge in [-0.2, -0.15) is 12.6 Å². The highest BCUT2D eigenvalue weighted by Crippen LogP contribution is 2.17. The van der Waals surface area contributed by atoms with E-state index in [9.17, 15) is 4.79 Å². The molecule has 0 radical (unpaired) electrons. The van der Waals surface area contributed by atoms with E-state index in [2.05, 4.69) is 17.9 Å². The van der Waals surface area contributed by atoms with Crippen molar-refractivity contribution in [3.8, 4) is 0 Å². The Morgan fingerprint density at radius 1 is 1.43 bits per heavy atom. The first-order chi connectivity index (χ1) is 6.83. The SMILES string of the molecule is O=C(CCS)NCCC1CCOCC1. The standard InChI is InChI=1S/C10H19NO2S/c12-10(4-8-14)11-5-1-9-2-6-13-7-3-9/h9,14H,1-8H2,(H,11,12). The molecule has 14 heavy (non-hydrogen) atoms. The monoisotopic (exact) mass is 217 g/mol. The highest BCUT2D eigenvalue weighted by atomic mass is 32.1. The van der Waals surface area contributed by atoms with Crippen LogP contribution < -0.4 is 5.32 Å². The van der Waals surface area contributed by atoms with Crippen molar-refractivity contribution in [1.82, 2.24) is 5.32 Å². The Labute approximate surface area is 91.0 Å². The Morgan fingerprint density at radius 2 is 2.14 bits per heavy atom. The zero-order valence-electron chi connectivity index (χ0n) is 8.50. The summed E-state index contributed by atoms with van der Waals surface area (Å²) in [7, 11) is 0. The molecule has 0 aromatic carbocycles. The Morgan fingerprint density at radius 3 is 2.79 bits per heavy atom. The molecule has 0 saturated carbocycles. The Balaban J connectivity index is 1.99. The van der Waals surface area contributed by atoms with Gasteiger partial charge in [-0.25, -0.2) is 0 Å². The number of rotatable bonds is 5. The molecule has 0 bridgehead atoms. The first-order valence-electron chi connectivity index (χ1n) is 5.28. The Kier molecular flexibility index (Phi) is 6.03. The lowest BCUT2D eigenvalue weighted by Crippen LogP contribution is -2.27. The Hall–Kier alpha value is -0.220. The molecule has 82 valence electrons. The number of thiol groups is 1. The molecule has 0 aliphatic carbocycles. The summed E-state index contributed by atoms with van der Waals surface area (Å²) in [4.78, 5) is 11.1. The Bertz CT molecular complexity index is 170. The van der Waals surface area contributed by atoms with Crippen LogP contribution in [-0.2, 0) is 9.53 Å². The molecule has 1 fully saturated rings. The first-order valence-corrected chi connectivity index (χ1v) is 5.91. The fourth-order valence-corrected chi connectivity index (χ4v) is 1.84. The topological polar surface area (TPSA) is 38.3 Å². The third-order valence-corrected chi connectivity index (χ3v) is 2.78. The van der Waals surface area contributed by atoms with Crippen molar-refractivity contribution in [3.63, 3.8) is 0 Å². The third-order valence-electron chi connectivity index (χ3n) is 2.55. The highest BCUT2D eigenvalue weighted by Gasteiger charge is 2.13. The lowest BCUT2D eigenvalue weighted by atomic mass is 9.97. The first kappa shape index (κ1) is 11.9. The maximum Gasteiger partial charge on any atom is 0.220 e. The number of carbonyl (C=O) groups excluding carboxylic acids is 1. The van der Waals surface area contributed by atoms with Crippen LogP contribution in [0.1, 0.15) is 25.7 Å². The van der Waals surface area contributed by atoms with Crippen LogP contribution in [0.3, 0.4) is 0 Å². The van der Waals surface area contributed by atoms with Crippen molar-refractivity contribution in [2.75, 3.05) is 25.5 Å². The summed E-state index contributed by atoms with van der Waals surface area (Å²) in [5.74, 6) is 1.48. The van der Waals surface area contributed by atoms with Crippen LogP contribution in [0, 0.1) is 5.92 Å². The van der Waals surface area contributed by atoms with Gasteiger partial charge in [-0.1, -0.05) is 0 Å². The van der Waals surface area contributed by atoms with Crippen molar-refractivity contribution < 1.29 is 9.53 Å². The lowest BCUT2D eigenvalue weighted by Gasteiger charge is -2.21. The third kappa shape index (κ3) is 4.86. The van der Waals surface area contributed by atoms with E-state index in [1.165, 1.54) is 0 Å². The second-order valence-corrected chi connectivity index (χ2v) is 4.12. The van der Waals surface area contributed by atoms with Crippen LogP contribution in [0.25, 0.3) is 0 Å². The summed E-state index contributed by atoms with van der Waals surface area (Å²) in [6, 6.07) is 0. The normalized spacial score (nSPS) is 18.1. The van der Waals surface area contributed by atoms with E-state index in [4.69, 9.17) is 4.74 Å². The summed E-state index contributed by atoms with van der Waals surface area (Å²) in [6.07, 6.45) is 3.89. The van der Waals surface area contributed by atoms with E-state index in [0.29, 0.717) is 12.2 Å². The fourth-order valence-electron chi connectivity index (χ4n) is 1.64. The summed E-state index contributed by atoms with van der Waals surface area (Å²) in [5.41, 5.74) is 0. The van der Waals surface area contributed by atoms with E-state index >= 15 is 0 Å². The maximum absolute atomic E-state index is 11.1. The molecule has 1 N–H and O–H groups in total. The molecular weight excluding hydrogens is 198 g/mol. The van der Waals surface area contributed by atoms with Crippen LogP contribution in [0.2, 0.25) is 0 Å². The number of ether oxygens (including phenoxy) is 1. The van der Waals surface area contributed by atoms with Gasteiger partial charge in [-0.05, 0) is 30.9 Å². The molecule has 1 aliphatic rings. The van der Waals surface area contributed by atoms with Crippen molar-refractivity contribution in [3.05, 3.63) is 0 Å². The zero-order chi connectivity index (χ0) is 10.2. The quantitative estimate of drug-likeness (QED) is 0.680. The molecule has 4 heteroatoms. The van der Waals surface area contributed by atoms with Gasteiger partial charge in [-0.3, -0.25) is 4.79 Å². The minimum atomic E-state index is 0.118. The van der Waals surface area contributed by atoms with Crippen LogP contribution in [0.4, 0.5) is 0 Å². The minimum Gasteiger partial charge on any atom is -0.381 e. The van der Waals surface area contributed by atoms with E-state index in [-0.39, 0.29) is 5.91 Å². The average Bonchev–Trinajstić information content (AvgIpc) is 2.20. The van der Waals surface area contributed by atoms with Gasteiger partial charge in [-0.15, -0.1) is 0 Å². The summed E-state index contributed by atoms with van der Waals surface area (Å²) in [5, 5.41) is 2.90. The zero-order valence-corrected chi connectivity index (χ0v) is 9.39. The van der Waals surface area contributed by atoms with E-state index in [1.807, 2.05) is 0 Å². The molecule has 1 saturated heterocycles. The van der Waals surface area contributed by atoms with Gasteiger partial charge in [0.2, 0.25) is 5.91 Å². The molecule has 3 nitrogen and oxygen atoms in total. The lowest BCUT2D eigenvalue weighted by molar-refractivity contribution is -0.120. The molecule has 1 heterocycles. The average molecular weight is 217 g/mol. The summed E-state index contributed by atoms with van der Waals surface area (Å²) < 4.78 is 5.27. The molecular formula is C10H19NO2S. The van der Waals surface area contributed by atoms with Crippen LogP contribution in [0.5, 0.6) is 0 Å². The van der Waals surface area contributed by atoms with Crippen LogP contribution in [-0.4, -0.2) is 31.4 Å². The van der Waals surface area contributed by atoms with Gasteiger partial charge in [0.1, 0.15) is 0 Å². The number of hydrogen-bond acceptors (Lipinski definition) is 3.